The molecule has 0 spiro atoms. The number of carbonyl (C=O) groups excluding carboxylic acids is 1. The minimum atomic E-state index is -0.0562. The van der Waals surface area contributed by atoms with E-state index in [0.717, 1.165) is 42.9 Å². The van der Waals surface area contributed by atoms with E-state index in [0.29, 0.717) is 17.5 Å². The number of aromatic amines is 1. The molecule has 6 nitrogen and oxygen atoms in total. The zero-order valence-corrected chi connectivity index (χ0v) is 15.2. The second kappa shape index (κ2) is 7.70. The van der Waals surface area contributed by atoms with Gasteiger partial charge in [-0.05, 0) is 30.0 Å². The number of hydrogen-bond donors (Lipinski definition) is 3. The van der Waals surface area contributed by atoms with Crippen molar-refractivity contribution in [3.8, 4) is 11.1 Å². The minimum Gasteiger partial charge on any atom is -0.368 e. The summed E-state index contributed by atoms with van der Waals surface area (Å²) in [6.45, 7) is 7.26. The van der Waals surface area contributed by atoms with Crippen LogP contribution in [0.5, 0.6) is 0 Å². The molecule has 1 aromatic heterocycles. The molecule has 134 valence electrons. The SMILES string of the molecule is CNC(=O)c1cc(-c2cn[nH]c2)ccc1N1CCNC(CC(C)C)C1. The first-order chi connectivity index (χ1) is 12.1. The Kier molecular flexibility index (Phi) is 5.38. The number of carbonyl (C=O) groups is 1. The van der Waals surface area contributed by atoms with Gasteiger partial charge in [-0.2, -0.15) is 5.10 Å². The molecule has 6 heteroatoms. The average Bonchev–Trinajstić information content (AvgIpc) is 3.15. The third-order valence-corrected chi connectivity index (χ3v) is 4.65. The van der Waals surface area contributed by atoms with Gasteiger partial charge in [0.2, 0.25) is 0 Å². The third kappa shape index (κ3) is 4.02. The van der Waals surface area contributed by atoms with E-state index in [1.807, 2.05) is 12.3 Å². The van der Waals surface area contributed by atoms with Crippen LogP contribution in [-0.4, -0.2) is 48.8 Å². The highest BCUT2D eigenvalue weighted by atomic mass is 16.1. The highest BCUT2D eigenvalue weighted by Crippen LogP contribution is 2.28. The van der Waals surface area contributed by atoms with Crippen LogP contribution >= 0.6 is 0 Å². The highest BCUT2D eigenvalue weighted by Gasteiger charge is 2.24. The van der Waals surface area contributed by atoms with Crippen LogP contribution in [0.2, 0.25) is 0 Å². The molecule has 0 bridgehead atoms. The molecular weight excluding hydrogens is 314 g/mol. The van der Waals surface area contributed by atoms with E-state index < -0.39 is 0 Å². The number of piperazine rings is 1. The molecular formula is C19H27N5O. The molecule has 25 heavy (non-hydrogen) atoms. The Morgan fingerprint density at radius 2 is 2.24 bits per heavy atom. The van der Waals surface area contributed by atoms with Crippen LogP contribution in [0.25, 0.3) is 11.1 Å². The van der Waals surface area contributed by atoms with Gasteiger partial charge in [-0.3, -0.25) is 9.89 Å². The Bertz CT molecular complexity index is 711. The maximum Gasteiger partial charge on any atom is 0.253 e. The Morgan fingerprint density at radius 3 is 2.92 bits per heavy atom. The molecule has 1 atom stereocenters. The molecule has 0 aliphatic carbocycles. The molecule has 1 aliphatic rings. The highest BCUT2D eigenvalue weighted by molar-refractivity contribution is 6.01. The Balaban J connectivity index is 1.90. The van der Waals surface area contributed by atoms with E-state index in [-0.39, 0.29) is 5.91 Å². The van der Waals surface area contributed by atoms with Crippen molar-refractivity contribution in [2.24, 2.45) is 5.92 Å². The van der Waals surface area contributed by atoms with E-state index in [1.54, 1.807) is 13.2 Å². The normalized spacial score (nSPS) is 17.8. The molecule has 1 aromatic carbocycles. The van der Waals surface area contributed by atoms with E-state index >= 15 is 0 Å². The molecule has 1 unspecified atom stereocenters. The van der Waals surface area contributed by atoms with E-state index in [2.05, 4.69) is 51.7 Å². The van der Waals surface area contributed by atoms with Crippen LogP contribution in [0.1, 0.15) is 30.6 Å². The number of anilines is 1. The summed E-state index contributed by atoms with van der Waals surface area (Å²) in [6, 6.07) is 6.54. The lowest BCUT2D eigenvalue weighted by atomic mass is 9.99. The molecule has 1 aliphatic heterocycles. The fourth-order valence-corrected chi connectivity index (χ4v) is 3.49. The van der Waals surface area contributed by atoms with Crippen LogP contribution in [0.4, 0.5) is 5.69 Å². The predicted molar refractivity (Wildman–Crippen MR) is 101 cm³/mol. The number of aromatic nitrogens is 2. The van der Waals surface area contributed by atoms with Crippen LogP contribution in [0.3, 0.4) is 0 Å². The van der Waals surface area contributed by atoms with E-state index in [1.165, 1.54) is 0 Å². The van der Waals surface area contributed by atoms with Crippen LogP contribution < -0.4 is 15.5 Å². The first-order valence-corrected chi connectivity index (χ1v) is 8.92. The zero-order chi connectivity index (χ0) is 17.8. The molecule has 2 aromatic rings. The largest absolute Gasteiger partial charge is 0.368 e. The summed E-state index contributed by atoms with van der Waals surface area (Å²) in [5, 5.41) is 13.2. The number of amides is 1. The lowest BCUT2D eigenvalue weighted by Gasteiger charge is -2.37. The van der Waals surface area contributed by atoms with E-state index in [4.69, 9.17) is 0 Å². The van der Waals surface area contributed by atoms with Crippen LogP contribution in [0, 0.1) is 5.92 Å². The number of nitrogens with zero attached hydrogens (tertiary/aromatic N) is 2. The molecule has 1 amide bonds. The van der Waals surface area contributed by atoms with Gasteiger partial charge < -0.3 is 15.5 Å². The Hall–Kier alpha value is -2.34. The molecule has 3 rings (SSSR count). The van der Waals surface area contributed by atoms with Gasteiger partial charge in [-0.1, -0.05) is 19.9 Å². The number of H-pyrrole nitrogens is 1. The fourth-order valence-electron chi connectivity index (χ4n) is 3.49. The topological polar surface area (TPSA) is 73.0 Å². The monoisotopic (exact) mass is 341 g/mol. The quantitative estimate of drug-likeness (QED) is 0.780. The van der Waals surface area contributed by atoms with Crippen molar-refractivity contribution in [1.29, 1.82) is 0 Å². The number of nitrogens with one attached hydrogen (secondary N) is 3. The van der Waals surface area contributed by atoms with Gasteiger partial charge in [0.25, 0.3) is 5.91 Å². The maximum absolute atomic E-state index is 12.5. The summed E-state index contributed by atoms with van der Waals surface area (Å²) in [5.74, 6) is 0.596. The smallest absolute Gasteiger partial charge is 0.253 e. The summed E-state index contributed by atoms with van der Waals surface area (Å²) in [5.41, 5.74) is 3.69. The second-order valence-corrected chi connectivity index (χ2v) is 7.02. The average molecular weight is 341 g/mol. The third-order valence-electron chi connectivity index (χ3n) is 4.65. The second-order valence-electron chi connectivity index (χ2n) is 7.02. The van der Waals surface area contributed by atoms with Crippen molar-refractivity contribution in [2.45, 2.75) is 26.3 Å². The summed E-state index contributed by atoms with van der Waals surface area (Å²) in [7, 11) is 1.68. The van der Waals surface area contributed by atoms with Crippen molar-refractivity contribution >= 4 is 11.6 Å². The predicted octanol–water partition coefficient (Wildman–Crippen LogP) is 2.26. The van der Waals surface area contributed by atoms with Crippen molar-refractivity contribution in [3.05, 3.63) is 36.2 Å². The molecule has 3 N–H and O–H groups in total. The van der Waals surface area contributed by atoms with Crippen LogP contribution in [-0.2, 0) is 0 Å². The standard InChI is InChI=1S/C19H27N5O/c1-13(2)8-16-12-24(7-6-21-16)18-5-4-14(15-10-22-23-11-15)9-17(18)19(25)20-3/h4-5,9-11,13,16,21H,6-8,12H2,1-3H3,(H,20,25)(H,22,23). The number of hydrogen-bond acceptors (Lipinski definition) is 4. The van der Waals surface area contributed by atoms with E-state index in [9.17, 15) is 4.79 Å². The van der Waals surface area contributed by atoms with Gasteiger partial charge in [-0.25, -0.2) is 0 Å². The first kappa shape index (κ1) is 17.5. The zero-order valence-electron chi connectivity index (χ0n) is 15.2. The molecule has 2 heterocycles. The molecule has 0 saturated carbocycles. The van der Waals surface area contributed by atoms with Crippen molar-refractivity contribution in [1.82, 2.24) is 20.8 Å². The van der Waals surface area contributed by atoms with Gasteiger partial charge in [0.1, 0.15) is 0 Å². The minimum absolute atomic E-state index is 0.0562. The van der Waals surface area contributed by atoms with Crippen molar-refractivity contribution in [3.63, 3.8) is 0 Å². The van der Waals surface area contributed by atoms with Crippen LogP contribution in [0.15, 0.2) is 30.6 Å². The molecule has 1 fully saturated rings. The van der Waals surface area contributed by atoms with Gasteiger partial charge >= 0.3 is 0 Å². The fraction of sp³-hybridized carbons (Fsp3) is 0.474. The molecule has 1 saturated heterocycles. The summed E-state index contributed by atoms with van der Waals surface area (Å²) in [4.78, 5) is 14.8. The summed E-state index contributed by atoms with van der Waals surface area (Å²) in [6.07, 6.45) is 4.75. The lowest BCUT2D eigenvalue weighted by molar-refractivity contribution is 0.0963. The number of rotatable bonds is 5. The van der Waals surface area contributed by atoms with Gasteiger partial charge in [0.15, 0.2) is 0 Å². The van der Waals surface area contributed by atoms with Gasteiger partial charge in [0, 0.05) is 50.2 Å². The van der Waals surface area contributed by atoms with Crippen molar-refractivity contribution in [2.75, 3.05) is 31.6 Å². The molecule has 0 radical (unpaired) electrons. The summed E-state index contributed by atoms with van der Waals surface area (Å²) >= 11 is 0. The van der Waals surface area contributed by atoms with Crippen molar-refractivity contribution < 1.29 is 4.79 Å². The first-order valence-electron chi connectivity index (χ1n) is 8.92. The summed E-state index contributed by atoms with van der Waals surface area (Å²) < 4.78 is 0. The lowest BCUT2D eigenvalue weighted by Crippen LogP contribution is -2.51. The Morgan fingerprint density at radius 1 is 1.40 bits per heavy atom. The maximum atomic E-state index is 12.5. The van der Waals surface area contributed by atoms with Gasteiger partial charge in [0.05, 0.1) is 11.8 Å². The Labute approximate surface area is 149 Å². The number of benzene rings is 1. The van der Waals surface area contributed by atoms with Gasteiger partial charge in [-0.15, -0.1) is 0 Å².